The second-order valence-corrected chi connectivity index (χ2v) is 7.25. The number of hydrogen-bond acceptors (Lipinski definition) is 6. The molecule has 144 valence electrons. The molecule has 1 aliphatic heterocycles. The maximum atomic E-state index is 11.8. The Morgan fingerprint density at radius 3 is 2.78 bits per heavy atom. The van der Waals surface area contributed by atoms with Crippen LogP contribution in [0.1, 0.15) is 48.8 Å². The Balaban J connectivity index is 1.97. The van der Waals surface area contributed by atoms with Crippen LogP contribution in [-0.4, -0.2) is 46.4 Å². The average Bonchev–Trinajstić information content (AvgIpc) is 2.65. The Bertz CT molecular complexity index is 835. The number of anilines is 2. The van der Waals surface area contributed by atoms with E-state index in [2.05, 4.69) is 30.2 Å². The third kappa shape index (κ3) is 4.18. The molecule has 0 radical (unpaired) electrons. The van der Waals surface area contributed by atoms with Gasteiger partial charge < -0.3 is 15.1 Å². The molecule has 1 N–H and O–H groups in total. The van der Waals surface area contributed by atoms with Gasteiger partial charge in [0.25, 0.3) is 0 Å². The summed E-state index contributed by atoms with van der Waals surface area (Å²) < 4.78 is 0. The molecular formula is C20H28N6O. The van der Waals surface area contributed by atoms with E-state index in [4.69, 9.17) is 9.97 Å². The summed E-state index contributed by atoms with van der Waals surface area (Å²) in [4.78, 5) is 29.5. The van der Waals surface area contributed by atoms with Crippen LogP contribution in [0.3, 0.4) is 0 Å². The van der Waals surface area contributed by atoms with Gasteiger partial charge in [0.15, 0.2) is 0 Å². The van der Waals surface area contributed by atoms with Crippen molar-refractivity contribution in [1.29, 1.82) is 0 Å². The third-order valence-corrected chi connectivity index (χ3v) is 4.91. The summed E-state index contributed by atoms with van der Waals surface area (Å²) in [6.07, 6.45) is 3.50. The molecule has 3 heterocycles. The second-order valence-electron chi connectivity index (χ2n) is 7.25. The highest BCUT2D eigenvalue weighted by Crippen LogP contribution is 2.29. The first-order valence-electron chi connectivity index (χ1n) is 9.40. The molecule has 0 aliphatic carbocycles. The van der Waals surface area contributed by atoms with Crippen LogP contribution in [0.25, 0.3) is 0 Å². The van der Waals surface area contributed by atoms with Crippen LogP contribution < -0.4 is 10.2 Å². The van der Waals surface area contributed by atoms with Crippen LogP contribution in [0.15, 0.2) is 18.3 Å². The zero-order chi connectivity index (χ0) is 19.6. The first kappa shape index (κ1) is 19.1. The number of nitrogens with zero attached hydrogens (tertiary/aromatic N) is 5. The molecule has 27 heavy (non-hydrogen) atoms. The van der Waals surface area contributed by atoms with E-state index in [0.717, 1.165) is 35.6 Å². The van der Waals surface area contributed by atoms with Gasteiger partial charge in [-0.25, -0.2) is 4.98 Å². The normalized spacial score (nSPS) is 14.5. The van der Waals surface area contributed by atoms with Crippen molar-refractivity contribution in [2.75, 3.05) is 30.9 Å². The highest BCUT2D eigenvalue weighted by molar-refractivity contribution is 5.73. The maximum Gasteiger partial charge on any atom is 0.227 e. The number of carbonyl (C=O) groups excluding carboxylic acids is 1. The van der Waals surface area contributed by atoms with E-state index in [0.29, 0.717) is 19.0 Å². The molecule has 1 amide bonds. The van der Waals surface area contributed by atoms with Crippen LogP contribution in [0, 0.1) is 6.92 Å². The molecule has 0 fully saturated rings. The van der Waals surface area contributed by atoms with E-state index in [1.807, 2.05) is 36.2 Å². The molecule has 0 spiro atoms. The fourth-order valence-corrected chi connectivity index (χ4v) is 3.31. The molecule has 1 unspecified atom stereocenters. The lowest BCUT2D eigenvalue weighted by Gasteiger charge is -2.30. The molecule has 0 bridgehead atoms. The van der Waals surface area contributed by atoms with Crippen LogP contribution in [0.5, 0.6) is 0 Å². The van der Waals surface area contributed by atoms with Crippen LogP contribution in [0.2, 0.25) is 0 Å². The van der Waals surface area contributed by atoms with E-state index < -0.39 is 0 Å². The largest absolute Gasteiger partial charge is 0.361 e. The van der Waals surface area contributed by atoms with Crippen molar-refractivity contribution in [2.24, 2.45) is 0 Å². The second kappa shape index (κ2) is 7.90. The first-order valence-corrected chi connectivity index (χ1v) is 9.40. The standard InChI is InChI=1S/C20H28N6O/c1-6-16(17-11-13(2)7-9-21-17)22-19-15-8-10-26(14(3)27)12-18(15)23-20(24-19)25(4)5/h7,9,11,16H,6,8,10,12H2,1-5H3,(H,22,23,24). The third-order valence-electron chi connectivity index (χ3n) is 4.91. The zero-order valence-electron chi connectivity index (χ0n) is 16.8. The smallest absolute Gasteiger partial charge is 0.227 e. The topological polar surface area (TPSA) is 74.2 Å². The number of fused-ring (bicyclic) bond motifs is 1. The van der Waals surface area contributed by atoms with Crippen molar-refractivity contribution in [1.82, 2.24) is 19.9 Å². The number of carbonyl (C=O) groups is 1. The van der Waals surface area contributed by atoms with Crippen molar-refractivity contribution in [3.8, 4) is 0 Å². The highest BCUT2D eigenvalue weighted by Gasteiger charge is 2.25. The lowest BCUT2D eigenvalue weighted by atomic mass is 10.0. The number of pyridine rings is 1. The number of aromatic nitrogens is 3. The summed E-state index contributed by atoms with van der Waals surface area (Å²) >= 11 is 0. The number of hydrogen-bond donors (Lipinski definition) is 1. The van der Waals surface area contributed by atoms with Gasteiger partial charge in [0.05, 0.1) is 24.0 Å². The zero-order valence-corrected chi connectivity index (χ0v) is 16.8. The van der Waals surface area contributed by atoms with E-state index >= 15 is 0 Å². The minimum Gasteiger partial charge on any atom is -0.361 e. The molecule has 7 nitrogen and oxygen atoms in total. The molecule has 2 aromatic rings. The van der Waals surface area contributed by atoms with E-state index in [-0.39, 0.29) is 11.9 Å². The van der Waals surface area contributed by atoms with Gasteiger partial charge in [-0.15, -0.1) is 0 Å². The van der Waals surface area contributed by atoms with Gasteiger partial charge in [-0.2, -0.15) is 4.98 Å². The maximum absolute atomic E-state index is 11.8. The Morgan fingerprint density at radius 2 is 2.15 bits per heavy atom. The molecule has 3 rings (SSSR count). The van der Waals surface area contributed by atoms with Gasteiger partial charge in [-0.3, -0.25) is 9.78 Å². The summed E-state index contributed by atoms with van der Waals surface area (Å²) in [5.41, 5.74) is 4.22. The lowest BCUT2D eigenvalue weighted by molar-refractivity contribution is -0.129. The predicted octanol–water partition coefficient (Wildman–Crippen LogP) is 2.71. The summed E-state index contributed by atoms with van der Waals surface area (Å²) in [5, 5.41) is 3.60. The van der Waals surface area contributed by atoms with Crippen molar-refractivity contribution in [3.63, 3.8) is 0 Å². The summed E-state index contributed by atoms with van der Waals surface area (Å²) in [6, 6.07) is 4.19. The average molecular weight is 368 g/mol. The number of rotatable bonds is 5. The SMILES string of the molecule is CCC(Nc1nc(N(C)C)nc2c1CCN(C(C)=O)C2)c1cc(C)ccn1. The summed E-state index contributed by atoms with van der Waals surface area (Å²) in [6.45, 7) is 7.04. The summed E-state index contributed by atoms with van der Waals surface area (Å²) in [7, 11) is 3.85. The Labute approximate surface area is 160 Å². The van der Waals surface area contributed by atoms with Crippen molar-refractivity contribution in [2.45, 2.75) is 46.2 Å². The monoisotopic (exact) mass is 368 g/mol. The molecular weight excluding hydrogens is 340 g/mol. The summed E-state index contributed by atoms with van der Waals surface area (Å²) in [5.74, 6) is 1.58. The van der Waals surface area contributed by atoms with Gasteiger partial charge in [0.2, 0.25) is 11.9 Å². The van der Waals surface area contributed by atoms with Crippen LogP contribution in [-0.2, 0) is 17.8 Å². The minimum absolute atomic E-state index is 0.0738. The van der Waals surface area contributed by atoms with Crippen LogP contribution in [0.4, 0.5) is 11.8 Å². The molecule has 0 saturated heterocycles. The van der Waals surface area contributed by atoms with Crippen molar-refractivity contribution >= 4 is 17.7 Å². The Kier molecular flexibility index (Phi) is 5.58. The molecule has 0 saturated carbocycles. The van der Waals surface area contributed by atoms with E-state index in [1.54, 1.807) is 6.92 Å². The Hall–Kier alpha value is -2.70. The van der Waals surface area contributed by atoms with E-state index in [9.17, 15) is 4.79 Å². The molecule has 1 aliphatic rings. The molecule has 2 aromatic heterocycles. The van der Waals surface area contributed by atoms with Gasteiger partial charge >= 0.3 is 0 Å². The van der Waals surface area contributed by atoms with Gasteiger partial charge in [0, 0.05) is 39.3 Å². The van der Waals surface area contributed by atoms with E-state index in [1.165, 1.54) is 5.56 Å². The van der Waals surface area contributed by atoms with Gasteiger partial charge in [-0.1, -0.05) is 6.92 Å². The first-order chi connectivity index (χ1) is 12.9. The number of aryl methyl sites for hydroxylation is 1. The van der Waals surface area contributed by atoms with Gasteiger partial charge in [0.1, 0.15) is 5.82 Å². The number of amides is 1. The Morgan fingerprint density at radius 1 is 1.37 bits per heavy atom. The molecule has 0 aromatic carbocycles. The van der Waals surface area contributed by atoms with Crippen molar-refractivity contribution < 1.29 is 4.79 Å². The fourth-order valence-electron chi connectivity index (χ4n) is 3.31. The quantitative estimate of drug-likeness (QED) is 0.875. The van der Waals surface area contributed by atoms with Crippen molar-refractivity contribution in [3.05, 3.63) is 40.8 Å². The minimum atomic E-state index is 0.0738. The molecule has 7 heteroatoms. The predicted molar refractivity (Wildman–Crippen MR) is 107 cm³/mol. The van der Waals surface area contributed by atoms with Gasteiger partial charge in [-0.05, 0) is 37.5 Å². The highest BCUT2D eigenvalue weighted by atomic mass is 16.2. The van der Waals surface area contributed by atoms with Crippen LogP contribution >= 0.6 is 0 Å². The lowest BCUT2D eigenvalue weighted by Crippen LogP contribution is -2.36. The molecule has 1 atom stereocenters. The fraction of sp³-hybridized carbons (Fsp3) is 0.500. The number of nitrogens with one attached hydrogen (secondary N) is 1.